The quantitative estimate of drug-likeness (QED) is 0.674. The Morgan fingerprint density at radius 3 is 2.67 bits per heavy atom. The van der Waals surface area contributed by atoms with E-state index < -0.39 is 17.2 Å². The molecule has 18 heavy (non-hydrogen) atoms. The molecule has 0 aromatic carbocycles. The fraction of sp³-hybridized carbons (Fsp3) is 0.545. The number of hydrogen-bond acceptors (Lipinski definition) is 4. The van der Waals surface area contributed by atoms with Crippen LogP contribution in [-0.2, 0) is 18.8 Å². The number of ether oxygens (including phenoxy) is 1. The molecule has 0 saturated carbocycles. The molecular weight excluding hydrogens is 238 g/mol. The van der Waals surface area contributed by atoms with Crippen molar-refractivity contribution in [3.63, 3.8) is 0 Å². The molecule has 0 radical (unpaired) electrons. The van der Waals surface area contributed by atoms with Gasteiger partial charge in [-0.25, -0.2) is 4.79 Å². The van der Waals surface area contributed by atoms with Gasteiger partial charge in [-0.2, -0.15) is 0 Å². The molecule has 1 rings (SSSR count). The lowest BCUT2D eigenvalue weighted by atomic mass is 10.3. The zero-order chi connectivity index (χ0) is 13.7. The Morgan fingerprint density at radius 1 is 1.39 bits per heavy atom. The number of hydrogen-bond donors (Lipinski definition) is 1. The summed E-state index contributed by atoms with van der Waals surface area (Å²) >= 11 is 0. The largest absolute Gasteiger partial charge is 0.385 e. The summed E-state index contributed by atoms with van der Waals surface area (Å²) in [7, 11) is 4.40. The Hall–Kier alpha value is -1.89. The van der Waals surface area contributed by atoms with E-state index in [9.17, 15) is 14.4 Å². The first-order valence-electron chi connectivity index (χ1n) is 5.52. The van der Waals surface area contributed by atoms with Crippen molar-refractivity contribution in [2.45, 2.75) is 6.42 Å². The van der Waals surface area contributed by atoms with E-state index in [1.165, 1.54) is 24.9 Å². The minimum absolute atomic E-state index is 0.0444. The SMILES string of the molecule is COCCCNC(=O)c1cn(C)c(=O)n(C)c1=O. The van der Waals surface area contributed by atoms with Crippen LogP contribution in [0.1, 0.15) is 16.8 Å². The van der Waals surface area contributed by atoms with Crippen molar-refractivity contribution >= 4 is 5.91 Å². The highest BCUT2D eigenvalue weighted by Crippen LogP contribution is 1.88. The van der Waals surface area contributed by atoms with Gasteiger partial charge in [0.15, 0.2) is 0 Å². The Kier molecular flexibility index (Phi) is 4.85. The first-order valence-corrected chi connectivity index (χ1v) is 5.52. The van der Waals surface area contributed by atoms with E-state index in [0.717, 1.165) is 4.57 Å². The summed E-state index contributed by atoms with van der Waals surface area (Å²) in [6, 6.07) is 0. The molecule has 0 spiro atoms. The molecule has 0 atom stereocenters. The highest BCUT2D eigenvalue weighted by atomic mass is 16.5. The summed E-state index contributed by atoms with van der Waals surface area (Å²) in [6.45, 7) is 0.949. The fourth-order valence-corrected chi connectivity index (χ4v) is 1.48. The molecule has 7 nitrogen and oxygen atoms in total. The number of aromatic nitrogens is 2. The second kappa shape index (κ2) is 6.15. The van der Waals surface area contributed by atoms with Gasteiger partial charge in [0.25, 0.3) is 11.5 Å². The maximum absolute atomic E-state index is 11.8. The van der Waals surface area contributed by atoms with Crippen molar-refractivity contribution in [1.29, 1.82) is 0 Å². The Balaban J connectivity index is 2.87. The van der Waals surface area contributed by atoms with Crippen LogP contribution in [0.3, 0.4) is 0 Å². The highest BCUT2D eigenvalue weighted by molar-refractivity contribution is 5.93. The molecular formula is C11H17N3O4. The average Bonchev–Trinajstić information content (AvgIpc) is 2.36. The molecule has 1 N–H and O–H groups in total. The van der Waals surface area contributed by atoms with Crippen molar-refractivity contribution in [1.82, 2.24) is 14.5 Å². The average molecular weight is 255 g/mol. The van der Waals surface area contributed by atoms with Crippen LogP contribution in [0, 0.1) is 0 Å². The topological polar surface area (TPSA) is 82.3 Å². The fourth-order valence-electron chi connectivity index (χ4n) is 1.48. The van der Waals surface area contributed by atoms with Crippen molar-refractivity contribution in [2.24, 2.45) is 14.1 Å². The lowest BCUT2D eigenvalue weighted by Gasteiger charge is -2.07. The predicted octanol–water partition coefficient (Wildman–Crippen LogP) is -1.15. The maximum atomic E-state index is 11.8. The van der Waals surface area contributed by atoms with E-state index in [1.807, 2.05) is 0 Å². The van der Waals surface area contributed by atoms with Gasteiger partial charge in [-0.15, -0.1) is 0 Å². The summed E-state index contributed by atoms with van der Waals surface area (Å²) in [5, 5.41) is 2.60. The first-order chi connectivity index (χ1) is 8.49. The molecule has 0 fully saturated rings. The molecule has 100 valence electrons. The van der Waals surface area contributed by atoms with Gasteiger partial charge in [-0.1, -0.05) is 0 Å². The molecule has 0 aliphatic carbocycles. The molecule has 1 amide bonds. The van der Waals surface area contributed by atoms with Gasteiger partial charge < -0.3 is 14.6 Å². The maximum Gasteiger partial charge on any atom is 0.330 e. The van der Waals surface area contributed by atoms with E-state index in [-0.39, 0.29) is 5.56 Å². The zero-order valence-corrected chi connectivity index (χ0v) is 10.7. The molecule has 1 aromatic rings. The number of rotatable bonds is 5. The zero-order valence-electron chi connectivity index (χ0n) is 10.7. The number of amides is 1. The molecule has 0 saturated heterocycles. The van der Waals surface area contributed by atoms with E-state index in [2.05, 4.69) is 5.32 Å². The van der Waals surface area contributed by atoms with Crippen molar-refractivity contribution in [2.75, 3.05) is 20.3 Å². The summed E-state index contributed by atoms with van der Waals surface area (Å²) < 4.78 is 6.95. The number of carbonyl (C=O) groups is 1. The lowest BCUT2D eigenvalue weighted by molar-refractivity contribution is 0.0945. The highest BCUT2D eigenvalue weighted by Gasteiger charge is 2.13. The van der Waals surface area contributed by atoms with E-state index >= 15 is 0 Å². The molecule has 0 unspecified atom stereocenters. The number of nitrogens with zero attached hydrogens (tertiary/aromatic N) is 2. The smallest absolute Gasteiger partial charge is 0.330 e. The second-order valence-corrected chi connectivity index (χ2v) is 3.90. The monoisotopic (exact) mass is 255 g/mol. The Labute approximate surface area is 104 Å². The van der Waals surface area contributed by atoms with E-state index in [1.54, 1.807) is 7.11 Å². The van der Waals surface area contributed by atoms with Crippen LogP contribution < -0.4 is 16.6 Å². The Bertz CT molecular complexity index is 544. The molecule has 1 heterocycles. The molecule has 0 bridgehead atoms. The van der Waals surface area contributed by atoms with Gasteiger partial charge in [0.1, 0.15) is 5.56 Å². The third-order valence-corrected chi connectivity index (χ3v) is 2.50. The van der Waals surface area contributed by atoms with Gasteiger partial charge in [0, 0.05) is 40.6 Å². The van der Waals surface area contributed by atoms with E-state index in [0.29, 0.717) is 19.6 Å². The second-order valence-electron chi connectivity index (χ2n) is 3.90. The molecule has 7 heteroatoms. The summed E-state index contributed by atoms with van der Waals surface area (Å²) in [6.07, 6.45) is 1.91. The van der Waals surface area contributed by atoms with Gasteiger partial charge in [0.2, 0.25) is 0 Å². The summed E-state index contributed by atoms with van der Waals surface area (Å²) in [5.74, 6) is -0.484. The standard InChI is InChI=1S/C11H17N3O4/c1-13-7-8(10(16)14(2)11(13)17)9(15)12-5-4-6-18-3/h7H,4-6H2,1-3H3,(H,12,15). The number of aryl methyl sites for hydroxylation is 1. The number of methoxy groups -OCH3 is 1. The lowest BCUT2D eigenvalue weighted by Crippen LogP contribution is -2.42. The van der Waals surface area contributed by atoms with Crippen molar-refractivity contribution < 1.29 is 9.53 Å². The van der Waals surface area contributed by atoms with Crippen LogP contribution in [0.25, 0.3) is 0 Å². The summed E-state index contributed by atoms with van der Waals surface area (Å²) in [5.41, 5.74) is -1.10. The third kappa shape index (κ3) is 3.07. The van der Waals surface area contributed by atoms with Crippen molar-refractivity contribution in [3.8, 4) is 0 Å². The van der Waals surface area contributed by atoms with Gasteiger partial charge in [0.05, 0.1) is 0 Å². The van der Waals surface area contributed by atoms with Gasteiger partial charge in [-0.3, -0.25) is 14.2 Å². The van der Waals surface area contributed by atoms with Crippen LogP contribution in [0.15, 0.2) is 15.8 Å². The van der Waals surface area contributed by atoms with Crippen LogP contribution in [0.2, 0.25) is 0 Å². The van der Waals surface area contributed by atoms with Crippen LogP contribution >= 0.6 is 0 Å². The van der Waals surface area contributed by atoms with Gasteiger partial charge >= 0.3 is 5.69 Å². The van der Waals surface area contributed by atoms with Crippen LogP contribution in [0.5, 0.6) is 0 Å². The van der Waals surface area contributed by atoms with Crippen LogP contribution in [-0.4, -0.2) is 35.3 Å². The summed E-state index contributed by atoms with van der Waals surface area (Å²) in [4.78, 5) is 34.9. The number of nitrogens with one attached hydrogen (secondary N) is 1. The third-order valence-electron chi connectivity index (χ3n) is 2.50. The predicted molar refractivity (Wildman–Crippen MR) is 65.8 cm³/mol. The first kappa shape index (κ1) is 14.2. The minimum Gasteiger partial charge on any atom is -0.385 e. The normalized spacial score (nSPS) is 10.4. The van der Waals surface area contributed by atoms with Crippen LogP contribution in [0.4, 0.5) is 0 Å². The molecule has 1 aromatic heterocycles. The Morgan fingerprint density at radius 2 is 2.06 bits per heavy atom. The van der Waals surface area contributed by atoms with E-state index in [4.69, 9.17) is 4.74 Å². The minimum atomic E-state index is -0.595. The molecule has 0 aliphatic heterocycles. The van der Waals surface area contributed by atoms with Crippen molar-refractivity contribution in [3.05, 3.63) is 32.6 Å². The number of carbonyl (C=O) groups excluding carboxylic acids is 1. The molecule has 0 aliphatic rings. The van der Waals surface area contributed by atoms with Gasteiger partial charge in [-0.05, 0) is 6.42 Å².